The molecule has 0 aliphatic heterocycles. The molecule has 1 aromatic rings. The number of methoxy groups -OCH3 is 2. The van der Waals surface area contributed by atoms with E-state index in [4.69, 9.17) is 19.3 Å². The average molecular weight is 269 g/mol. The largest absolute Gasteiger partial charge is 0.496 e. The highest BCUT2D eigenvalue weighted by atomic mass is 16.6. The van der Waals surface area contributed by atoms with Gasteiger partial charge in [0.2, 0.25) is 0 Å². The minimum Gasteiger partial charge on any atom is -0.496 e. The van der Waals surface area contributed by atoms with E-state index in [0.29, 0.717) is 11.5 Å². The average Bonchev–Trinajstić information content (AvgIpc) is 2.37. The fourth-order valence-electron chi connectivity index (χ4n) is 1.29. The Morgan fingerprint density at radius 2 is 1.58 bits per heavy atom. The number of hydrogen-bond donors (Lipinski definition) is 1. The van der Waals surface area contributed by atoms with Crippen LogP contribution in [0.4, 0.5) is 4.79 Å². The summed E-state index contributed by atoms with van der Waals surface area (Å²) in [5, 5.41) is 8.57. The molecule has 0 saturated carbocycles. The van der Waals surface area contributed by atoms with Gasteiger partial charge in [-0.3, -0.25) is 9.69 Å². The highest BCUT2D eigenvalue weighted by Crippen LogP contribution is 2.27. The molecule has 1 rings (SSSR count). The molecule has 0 unspecified atom stereocenters. The van der Waals surface area contributed by atoms with Crippen molar-refractivity contribution in [2.75, 3.05) is 27.8 Å². The fraction of sp³-hybridized carbons (Fsp3) is 0.333. The van der Waals surface area contributed by atoms with Crippen molar-refractivity contribution in [3.8, 4) is 17.2 Å². The van der Waals surface area contributed by atoms with E-state index < -0.39 is 18.6 Å². The molecule has 0 heterocycles. The van der Waals surface area contributed by atoms with Crippen molar-refractivity contribution in [1.29, 1.82) is 0 Å². The molecule has 1 aromatic carbocycles. The molecule has 0 spiro atoms. The SMILES string of the molecule is COc1cc(OC)cc(OC(=O)N(C)CC(=O)O)c1. The third-order valence-corrected chi connectivity index (χ3v) is 2.21. The molecule has 1 amide bonds. The number of carbonyl (C=O) groups is 2. The van der Waals surface area contributed by atoms with Gasteiger partial charge in [-0.25, -0.2) is 4.79 Å². The summed E-state index contributed by atoms with van der Waals surface area (Å²) in [4.78, 5) is 23.0. The van der Waals surface area contributed by atoms with Gasteiger partial charge < -0.3 is 19.3 Å². The van der Waals surface area contributed by atoms with E-state index in [0.717, 1.165) is 4.90 Å². The summed E-state index contributed by atoms with van der Waals surface area (Å²) >= 11 is 0. The minimum atomic E-state index is -1.12. The van der Waals surface area contributed by atoms with Gasteiger partial charge in [0, 0.05) is 25.2 Å². The summed E-state index contributed by atoms with van der Waals surface area (Å²) in [7, 11) is 4.27. The number of rotatable bonds is 5. The van der Waals surface area contributed by atoms with Gasteiger partial charge in [-0.15, -0.1) is 0 Å². The zero-order chi connectivity index (χ0) is 14.4. The highest BCUT2D eigenvalue weighted by Gasteiger charge is 2.15. The Bertz CT molecular complexity index is 451. The van der Waals surface area contributed by atoms with Gasteiger partial charge in [0.15, 0.2) is 0 Å². The lowest BCUT2D eigenvalue weighted by molar-refractivity contribution is -0.137. The molecule has 0 aromatic heterocycles. The van der Waals surface area contributed by atoms with E-state index in [2.05, 4.69) is 0 Å². The van der Waals surface area contributed by atoms with Crippen molar-refractivity contribution in [3.05, 3.63) is 18.2 Å². The molecule has 7 heteroatoms. The molecule has 1 N–H and O–H groups in total. The maximum atomic E-state index is 11.6. The summed E-state index contributed by atoms with van der Waals surface area (Å²) in [5.74, 6) is 0.00665. The van der Waals surface area contributed by atoms with Crippen molar-refractivity contribution in [2.24, 2.45) is 0 Å². The van der Waals surface area contributed by atoms with E-state index in [1.807, 2.05) is 0 Å². The smallest absolute Gasteiger partial charge is 0.415 e. The first kappa shape index (κ1) is 14.6. The summed E-state index contributed by atoms with van der Waals surface area (Å²) < 4.78 is 15.1. The summed E-state index contributed by atoms with van der Waals surface area (Å²) in [6.45, 7) is -0.445. The van der Waals surface area contributed by atoms with Gasteiger partial charge in [-0.2, -0.15) is 0 Å². The van der Waals surface area contributed by atoms with Crippen LogP contribution in [0.25, 0.3) is 0 Å². The summed E-state index contributed by atoms with van der Waals surface area (Å²) in [5.41, 5.74) is 0. The Hall–Kier alpha value is -2.44. The Balaban J connectivity index is 2.80. The number of aliphatic carboxylic acids is 1. The van der Waals surface area contributed by atoms with Crippen LogP contribution in [0.3, 0.4) is 0 Å². The standard InChI is InChI=1S/C12H15NO6/c1-13(7-11(14)15)12(16)19-10-5-8(17-2)4-9(6-10)18-3/h4-6H,7H2,1-3H3,(H,14,15). The maximum absolute atomic E-state index is 11.6. The molecular weight excluding hydrogens is 254 g/mol. The summed E-state index contributed by atoms with van der Waals surface area (Å²) in [6, 6.07) is 4.61. The van der Waals surface area contributed by atoms with Crippen LogP contribution in [0, 0.1) is 0 Å². The van der Waals surface area contributed by atoms with E-state index in [1.165, 1.54) is 33.4 Å². The van der Waals surface area contributed by atoms with Crippen LogP contribution >= 0.6 is 0 Å². The van der Waals surface area contributed by atoms with Crippen LogP contribution in [0.15, 0.2) is 18.2 Å². The van der Waals surface area contributed by atoms with Crippen LogP contribution in [0.2, 0.25) is 0 Å². The number of amides is 1. The zero-order valence-electron chi connectivity index (χ0n) is 10.9. The first-order valence-electron chi connectivity index (χ1n) is 5.34. The molecule has 0 atom stereocenters. The van der Waals surface area contributed by atoms with Crippen molar-refractivity contribution in [1.82, 2.24) is 4.90 Å². The predicted octanol–water partition coefficient (Wildman–Crippen LogP) is 1.22. The van der Waals surface area contributed by atoms with Crippen LogP contribution in [0.1, 0.15) is 0 Å². The van der Waals surface area contributed by atoms with E-state index >= 15 is 0 Å². The van der Waals surface area contributed by atoms with Gasteiger partial charge >= 0.3 is 12.1 Å². The van der Waals surface area contributed by atoms with E-state index in [-0.39, 0.29) is 5.75 Å². The summed E-state index contributed by atoms with van der Waals surface area (Å²) in [6.07, 6.45) is -0.780. The molecule has 0 bridgehead atoms. The van der Waals surface area contributed by atoms with Gasteiger partial charge in [-0.1, -0.05) is 0 Å². The Morgan fingerprint density at radius 1 is 1.11 bits per heavy atom. The third kappa shape index (κ3) is 4.38. The maximum Gasteiger partial charge on any atom is 0.415 e. The normalized spacial score (nSPS) is 9.63. The zero-order valence-corrected chi connectivity index (χ0v) is 10.9. The van der Waals surface area contributed by atoms with Crippen LogP contribution in [-0.4, -0.2) is 49.9 Å². The number of carboxylic acid groups (broad SMARTS) is 1. The highest BCUT2D eigenvalue weighted by molar-refractivity contribution is 5.77. The Morgan fingerprint density at radius 3 is 2.00 bits per heavy atom. The lowest BCUT2D eigenvalue weighted by Gasteiger charge is -2.15. The Kier molecular flexibility index (Phi) is 4.99. The molecular formula is C12H15NO6. The van der Waals surface area contributed by atoms with Crippen LogP contribution < -0.4 is 14.2 Å². The van der Waals surface area contributed by atoms with Crippen LogP contribution in [-0.2, 0) is 4.79 Å². The quantitative estimate of drug-likeness (QED) is 0.865. The number of carboxylic acids is 1. The first-order chi connectivity index (χ1) is 8.96. The number of hydrogen-bond acceptors (Lipinski definition) is 5. The second-order valence-corrected chi connectivity index (χ2v) is 3.67. The molecule has 0 fully saturated rings. The minimum absolute atomic E-state index is 0.207. The van der Waals surface area contributed by atoms with Gasteiger partial charge in [0.05, 0.1) is 14.2 Å². The molecule has 0 radical (unpaired) electrons. The topological polar surface area (TPSA) is 85.3 Å². The van der Waals surface area contributed by atoms with Crippen molar-refractivity contribution >= 4 is 12.1 Å². The third-order valence-electron chi connectivity index (χ3n) is 2.21. The lowest BCUT2D eigenvalue weighted by atomic mass is 10.3. The molecule has 0 saturated heterocycles. The molecule has 104 valence electrons. The van der Waals surface area contributed by atoms with Crippen molar-refractivity contribution < 1.29 is 28.9 Å². The predicted molar refractivity (Wildman–Crippen MR) is 65.8 cm³/mol. The van der Waals surface area contributed by atoms with Gasteiger partial charge in [0.25, 0.3) is 0 Å². The number of nitrogens with zero attached hydrogens (tertiary/aromatic N) is 1. The van der Waals surface area contributed by atoms with E-state index in [9.17, 15) is 9.59 Å². The van der Waals surface area contributed by atoms with E-state index in [1.54, 1.807) is 6.07 Å². The molecule has 7 nitrogen and oxygen atoms in total. The lowest BCUT2D eigenvalue weighted by Crippen LogP contribution is -2.34. The molecule has 0 aliphatic rings. The monoisotopic (exact) mass is 269 g/mol. The number of likely N-dealkylation sites (N-methyl/N-ethyl adjacent to an activating group) is 1. The van der Waals surface area contributed by atoms with Crippen molar-refractivity contribution in [2.45, 2.75) is 0 Å². The Labute approximate surface area is 110 Å². The molecule has 19 heavy (non-hydrogen) atoms. The van der Waals surface area contributed by atoms with Gasteiger partial charge in [0.1, 0.15) is 23.8 Å². The second kappa shape index (κ2) is 6.48. The number of benzene rings is 1. The fourth-order valence-corrected chi connectivity index (χ4v) is 1.29. The van der Waals surface area contributed by atoms with Crippen molar-refractivity contribution in [3.63, 3.8) is 0 Å². The van der Waals surface area contributed by atoms with Gasteiger partial charge in [-0.05, 0) is 0 Å². The second-order valence-electron chi connectivity index (χ2n) is 3.67. The number of carbonyl (C=O) groups excluding carboxylic acids is 1. The number of ether oxygens (including phenoxy) is 3. The molecule has 0 aliphatic carbocycles. The first-order valence-corrected chi connectivity index (χ1v) is 5.34. The van der Waals surface area contributed by atoms with Crippen LogP contribution in [0.5, 0.6) is 17.2 Å².